The molecule has 1 aliphatic heterocycles. The van der Waals surface area contributed by atoms with Crippen molar-refractivity contribution in [2.24, 2.45) is 0 Å². The molecule has 2 N–H and O–H groups in total. The number of morpholine rings is 1. The van der Waals surface area contributed by atoms with Gasteiger partial charge in [0.15, 0.2) is 0 Å². The van der Waals surface area contributed by atoms with E-state index in [1.807, 2.05) is 12.1 Å². The first kappa shape index (κ1) is 19.5. The molecule has 1 saturated heterocycles. The van der Waals surface area contributed by atoms with E-state index in [0.717, 1.165) is 51.4 Å². The van der Waals surface area contributed by atoms with E-state index in [2.05, 4.69) is 15.5 Å². The molecule has 0 aromatic heterocycles. The number of hydrogen-bond donors (Lipinski definition) is 2. The molecule has 1 fully saturated rings. The van der Waals surface area contributed by atoms with Crippen LogP contribution in [0.15, 0.2) is 18.2 Å². The third-order valence-corrected chi connectivity index (χ3v) is 4.56. The van der Waals surface area contributed by atoms with Crippen LogP contribution < -0.4 is 10.6 Å². The smallest absolute Gasteiger partial charge is 0.221 e. The van der Waals surface area contributed by atoms with Gasteiger partial charge in [0, 0.05) is 49.2 Å². The molecule has 1 heterocycles. The summed E-state index contributed by atoms with van der Waals surface area (Å²) < 4.78 is 5.30. The maximum atomic E-state index is 11.8. The second-order valence-corrected chi connectivity index (χ2v) is 6.63. The predicted octanol–water partition coefficient (Wildman–Crippen LogP) is 1.96. The Kier molecular flexibility index (Phi) is 8.84. The topological polar surface area (TPSA) is 53.6 Å². The zero-order valence-corrected chi connectivity index (χ0v) is 15.3. The van der Waals surface area contributed by atoms with Gasteiger partial charge in [-0.15, -0.1) is 0 Å². The molecule has 0 aliphatic carbocycles. The molecule has 0 bridgehead atoms. The third-order valence-electron chi connectivity index (χ3n) is 3.97. The molecule has 1 amide bonds. The van der Waals surface area contributed by atoms with E-state index in [4.69, 9.17) is 27.9 Å². The van der Waals surface area contributed by atoms with Gasteiger partial charge in [0.25, 0.3) is 0 Å². The normalized spacial score (nSPS) is 15.4. The maximum absolute atomic E-state index is 11.8. The van der Waals surface area contributed by atoms with Gasteiger partial charge in [0.2, 0.25) is 5.91 Å². The average molecular weight is 374 g/mol. The van der Waals surface area contributed by atoms with Crippen LogP contribution in [0.3, 0.4) is 0 Å². The van der Waals surface area contributed by atoms with E-state index < -0.39 is 0 Å². The SMILES string of the molecule is O=C(CCNCCc1ccc(Cl)cc1Cl)NCCN1CCOCC1. The standard InChI is InChI=1S/C17H25Cl2N3O2/c18-15-2-1-14(16(19)13-15)3-5-20-6-4-17(23)21-7-8-22-9-11-24-12-10-22/h1-2,13,20H,3-12H2,(H,21,23). The fourth-order valence-corrected chi connectivity index (χ4v) is 3.04. The van der Waals surface area contributed by atoms with Gasteiger partial charge in [-0.05, 0) is 30.7 Å². The van der Waals surface area contributed by atoms with E-state index in [0.29, 0.717) is 29.6 Å². The lowest BCUT2D eigenvalue weighted by Gasteiger charge is -2.26. The van der Waals surface area contributed by atoms with Crippen molar-refractivity contribution in [3.63, 3.8) is 0 Å². The highest BCUT2D eigenvalue weighted by Crippen LogP contribution is 2.20. The number of amides is 1. The second-order valence-electron chi connectivity index (χ2n) is 5.79. The van der Waals surface area contributed by atoms with Gasteiger partial charge in [0.1, 0.15) is 0 Å². The highest BCUT2D eigenvalue weighted by molar-refractivity contribution is 6.35. The number of hydrogen-bond acceptors (Lipinski definition) is 4. The van der Waals surface area contributed by atoms with Crippen LogP contribution in [0.25, 0.3) is 0 Å². The first-order chi connectivity index (χ1) is 11.6. The average Bonchev–Trinajstić information content (AvgIpc) is 2.57. The summed E-state index contributed by atoms with van der Waals surface area (Å²) in [5.74, 6) is 0.0836. The minimum Gasteiger partial charge on any atom is -0.379 e. The van der Waals surface area contributed by atoms with E-state index in [-0.39, 0.29) is 5.91 Å². The van der Waals surface area contributed by atoms with Crippen LogP contribution >= 0.6 is 23.2 Å². The Bertz CT molecular complexity index is 523. The van der Waals surface area contributed by atoms with E-state index in [1.165, 1.54) is 0 Å². The third kappa shape index (κ3) is 7.36. The fourth-order valence-electron chi connectivity index (χ4n) is 2.54. The molecule has 2 rings (SSSR count). The van der Waals surface area contributed by atoms with Crippen LogP contribution in [-0.2, 0) is 16.0 Å². The Morgan fingerprint density at radius 1 is 1.17 bits per heavy atom. The van der Waals surface area contributed by atoms with Gasteiger partial charge in [0.05, 0.1) is 13.2 Å². The van der Waals surface area contributed by atoms with Crippen LogP contribution in [0, 0.1) is 0 Å². The molecule has 24 heavy (non-hydrogen) atoms. The van der Waals surface area contributed by atoms with Crippen LogP contribution in [0.2, 0.25) is 10.0 Å². The van der Waals surface area contributed by atoms with Crippen molar-refractivity contribution < 1.29 is 9.53 Å². The van der Waals surface area contributed by atoms with Crippen molar-refractivity contribution in [1.29, 1.82) is 0 Å². The summed E-state index contributed by atoms with van der Waals surface area (Å²) in [4.78, 5) is 14.1. The van der Waals surface area contributed by atoms with Gasteiger partial charge >= 0.3 is 0 Å². The van der Waals surface area contributed by atoms with Gasteiger partial charge < -0.3 is 15.4 Å². The van der Waals surface area contributed by atoms with Crippen molar-refractivity contribution in [2.75, 3.05) is 52.5 Å². The number of rotatable bonds is 9. The molecule has 7 heteroatoms. The maximum Gasteiger partial charge on any atom is 0.221 e. The monoisotopic (exact) mass is 373 g/mol. The first-order valence-electron chi connectivity index (χ1n) is 8.36. The number of ether oxygens (including phenoxy) is 1. The molecule has 1 aromatic carbocycles. The summed E-state index contributed by atoms with van der Waals surface area (Å²) in [6.07, 6.45) is 1.30. The molecule has 1 aromatic rings. The summed E-state index contributed by atoms with van der Waals surface area (Å²) >= 11 is 12.0. The Labute approximate surface area is 153 Å². The Morgan fingerprint density at radius 2 is 1.96 bits per heavy atom. The van der Waals surface area contributed by atoms with Crippen LogP contribution in [-0.4, -0.2) is 63.3 Å². The molecule has 134 valence electrons. The molecule has 0 unspecified atom stereocenters. The van der Waals surface area contributed by atoms with Crippen molar-refractivity contribution in [3.05, 3.63) is 33.8 Å². The Hall–Kier alpha value is -0.850. The van der Waals surface area contributed by atoms with Gasteiger partial charge in [-0.25, -0.2) is 0 Å². The molecule has 5 nitrogen and oxygen atoms in total. The lowest BCUT2D eigenvalue weighted by Crippen LogP contribution is -2.41. The van der Waals surface area contributed by atoms with E-state index >= 15 is 0 Å². The van der Waals surface area contributed by atoms with Gasteiger partial charge in [-0.1, -0.05) is 29.3 Å². The number of nitrogens with zero attached hydrogens (tertiary/aromatic N) is 1. The molecule has 0 atom stereocenters. The molecule has 0 saturated carbocycles. The van der Waals surface area contributed by atoms with Crippen molar-refractivity contribution >= 4 is 29.1 Å². The van der Waals surface area contributed by atoms with Crippen molar-refractivity contribution in [1.82, 2.24) is 15.5 Å². The summed E-state index contributed by atoms with van der Waals surface area (Å²) in [6.45, 7) is 6.49. The molecular weight excluding hydrogens is 349 g/mol. The van der Waals surface area contributed by atoms with Crippen molar-refractivity contribution in [2.45, 2.75) is 12.8 Å². The zero-order valence-electron chi connectivity index (χ0n) is 13.8. The van der Waals surface area contributed by atoms with Gasteiger partial charge in [-0.3, -0.25) is 9.69 Å². The highest BCUT2D eigenvalue weighted by atomic mass is 35.5. The zero-order chi connectivity index (χ0) is 17.2. The lowest BCUT2D eigenvalue weighted by molar-refractivity contribution is -0.121. The minimum atomic E-state index is 0.0836. The fraction of sp³-hybridized carbons (Fsp3) is 0.588. The summed E-state index contributed by atoms with van der Waals surface area (Å²) in [6, 6.07) is 5.52. The molecule has 0 spiro atoms. The van der Waals surface area contributed by atoms with Crippen LogP contribution in [0.4, 0.5) is 0 Å². The quantitative estimate of drug-likeness (QED) is 0.649. The predicted molar refractivity (Wildman–Crippen MR) is 97.9 cm³/mol. The lowest BCUT2D eigenvalue weighted by atomic mass is 10.1. The van der Waals surface area contributed by atoms with E-state index in [9.17, 15) is 4.79 Å². The largest absolute Gasteiger partial charge is 0.379 e. The Balaban J connectivity index is 1.49. The Morgan fingerprint density at radius 3 is 2.71 bits per heavy atom. The summed E-state index contributed by atoms with van der Waals surface area (Å²) in [7, 11) is 0. The number of halogens is 2. The summed E-state index contributed by atoms with van der Waals surface area (Å²) in [5, 5.41) is 7.55. The van der Waals surface area contributed by atoms with Crippen LogP contribution in [0.5, 0.6) is 0 Å². The number of nitrogens with one attached hydrogen (secondary N) is 2. The second kappa shape index (κ2) is 10.9. The highest BCUT2D eigenvalue weighted by Gasteiger charge is 2.10. The minimum absolute atomic E-state index is 0.0836. The van der Waals surface area contributed by atoms with Crippen LogP contribution in [0.1, 0.15) is 12.0 Å². The number of carbonyl (C=O) groups is 1. The molecule has 0 radical (unpaired) electrons. The molecule has 1 aliphatic rings. The van der Waals surface area contributed by atoms with E-state index in [1.54, 1.807) is 6.07 Å². The molecular formula is C17H25Cl2N3O2. The number of carbonyl (C=O) groups excluding carboxylic acids is 1. The first-order valence-corrected chi connectivity index (χ1v) is 9.12. The van der Waals surface area contributed by atoms with Crippen molar-refractivity contribution in [3.8, 4) is 0 Å². The number of benzene rings is 1. The summed E-state index contributed by atoms with van der Waals surface area (Å²) in [5.41, 5.74) is 1.06. The van der Waals surface area contributed by atoms with Gasteiger partial charge in [-0.2, -0.15) is 0 Å².